The van der Waals surface area contributed by atoms with Crippen LogP contribution in [0.25, 0.3) is 16.3 Å². The molecule has 0 saturated carbocycles. The summed E-state index contributed by atoms with van der Waals surface area (Å²) in [7, 11) is 3.66. The average molecular weight is 559 g/mol. The first-order chi connectivity index (χ1) is 19.2. The molecule has 40 heavy (non-hydrogen) atoms. The van der Waals surface area contributed by atoms with Gasteiger partial charge in [0.15, 0.2) is 0 Å². The molecule has 0 bridgehead atoms. The van der Waals surface area contributed by atoms with Gasteiger partial charge in [0.05, 0.1) is 21.2 Å². The zero-order chi connectivity index (χ0) is 29.2. The topological polar surface area (TPSA) is 67.6 Å². The van der Waals surface area contributed by atoms with Gasteiger partial charge in [-0.25, -0.2) is 9.37 Å². The fourth-order valence-corrected chi connectivity index (χ4v) is 5.44. The molecule has 6 nitrogen and oxygen atoms in total. The second kappa shape index (κ2) is 14.3. The van der Waals surface area contributed by atoms with E-state index in [2.05, 4.69) is 29.2 Å². The van der Waals surface area contributed by atoms with Crippen LogP contribution in [0.2, 0.25) is 0 Å². The Balaban J connectivity index is 0.000000236. The molecule has 0 aliphatic carbocycles. The molecular weight excluding hydrogens is 523 g/mol. The van der Waals surface area contributed by atoms with Crippen LogP contribution in [0.5, 0.6) is 0 Å². The summed E-state index contributed by atoms with van der Waals surface area (Å²) in [6, 6.07) is 16.8. The van der Waals surface area contributed by atoms with Gasteiger partial charge in [-0.15, -0.1) is 24.5 Å². The molecule has 0 unspecified atom stereocenters. The molecule has 208 valence electrons. The number of nitrogens with zero attached hydrogens (tertiary/aromatic N) is 4. The highest BCUT2D eigenvalue weighted by Gasteiger charge is 2.15. The first kappa shape index (κ1) is 30.4. The molecular formula is C32H35FN4O2S. The maximum Gasteiger partial charge on any atom is 0.234 e. The van der Waals surface area contributed by atoms with Crippen molar-refractivity contribution in [1.29, 1.82) is 0 Å². The lowest BCUT2D eigenvalue weighted by atomic mass is 10.00. The molecule has 1 aliphatic rings. The molecule has 0 radical (unpaired) electrons. The van der Waals surface area contributed by atoms with Crippen molar-refractivity contribution in [3.63, 3.8) is 0 Å². The Bertz CT molecular complexity index is 1590. The van der Waals surface area contributed by atoms with E-state index < -0.39 is 0 Å². The molecule has 5 rings (SSSR count). The van der Waals surface area contributed by atoms with Crippen LogP contribution in [0.3, 0.4) is 0 Å². The number of thiophene rings is 1. The highest BCUT2D eigenvalue weighted by molar-refractivity contribution is 7.13. The number of anilines is 1. The van der Waals surface area contributed by atoms with E-state index in [1.54, 1.807) is 30.6 Å². The van der Waals surface area contributed by atoms with E-state index in [9.17, 15) is 14.0 Å². The minimum atomic E-state index is -0.177. The number of halogens is 1. The molecule has 1 aliphatic heterocycles. The smallest absolute Gasteiger partial charge is 0.234 e. The number of carbonyl (C=O) groups is 2. The lowest BCUT2D eigenvalue weighted by Crippen LogP contribution is -2.27. The van der Waals surface area contributed by atoms with Crippen molar-refractivity contribution in [2.45, 2.75) is 33.1 Å². The second-order valence-electron chi connectivity index (χ2n) is 9.36. The second-order valence-corrected chi connectivity index (χ2v) is 10.4. The van der Waals surface area contributed by atoms with Crippen LogP contribution in [0, 0.1) is 12.7 Å². The highest BCUT2D eigenvalue weighted by Crippen LogP contribution is 2.22. The first-order valence-electron chi connectivity index (χ1n) is 12.9. The molecule has 0 N–H and O–H groups in total. The summed E-state index contributed by atoms with van der Waals surface area (Å²) in [4.78, 5) is 33.9. The molecule has 2 aromatic carbocycles. The van der Waals surface area contributed by atoms with Crippen molar-refractivity contribution in [1.82, 2.24) is 9.55 Å². The maximum absolute atomic E-state index is 14.2. The van der Waals surface area contributed by atoms with Crippen molar-refractivity contribution < 1.29 is 14.0 Å². The van der Waals surface area contributed by atoms with E-state index in [4.69, 9.17) is 0 Å². The minimum absolute atomic E-state index is 0.0363. The Labute approximate surface area is 238 Å². The van der Waals surface area contributed by atoms with E-state index in [1.807, 2.05) is 67.2 Å². The predicted octanol–water partition coefficient (Wildman–Crippen LogP) is 5.44. The lowest BCUT2D eigenvalue weighted by molar-refractivity contribution is -0.125. The molecule has 0 spiro atoms. The third-order valence-electron chi connectivity index (χ3n) is 6.30. The summed E-state index contributed by atoms with van der Waals surface area (Å²) < 4.78 is 17.4. The van der Waals surface area contributed by atoms with Crippen LogP contribution in [-0.2, 0) is 23.1 Å². The first-order valence-corrected chi connectivity index (χ1v) is 13.7. The van der Waals surface area contributed by atoms with Crippen molar-refractivity contribution in [3.05, 3.63) is 107 Å². The lowest BCUT2D eigenvalue weighted by Gasteiger charge is -2.16. The third-order valence-corrected chi connectivity index (χ3v) is 7.52. The minimum Gasteiger partial charge on any atom is -0.333 e. The average Bonchev–Trinajstić information content (AvgIpc) is 3.58. The van der Waals surface area contributed by atoms with Gasteiger partial charge in [-0.05, 0) is 67.7 Å². The quantitative estimate of drug-likeness (QED) is 0.234. The number of aryl methyl sites for hydroxylation is 2. The van der Waals surface area contributed by atoms with Gasteiger partial charge in [-0.2, -0.15) is 0 Å². The van der Waals surface area contributed by atoms with Gasteiger partial charge in [0, 0.05) is 38.7 Å². The molecule has 0 fully saturated rings. The molecule has 1 amide bonds. The number of benzene rings is 2. The van der Waals surface area contributed by atoms with Crippen LogP contribution in [0.4, 0.5) is 10.1 Å². The van der Waals surface area contributed by atoms with Gasteiger partial charge in [-0.1, -0.05) is 30.3 Å². The van der Waals surface area contributed by atoms with Gasteiger partial charge in [-0.3, -0.25) is 14.6 Å². The Morgan fingerprint density at radius 2 is 1.85 bits per heavy atom. The van der Waals surface area contributed by atoms with Crippen LogP contribution in [0.1, 0.15) is 30.9 Å². The standard InChI is InChI=1S/C19H18FN3S.C11H13NO2.C2H4/c1-12-3-4-13(15(20)9-12)10-14-5-6-21-16-11-17(24-18(14)16)19-22-7-8-23(19)2;1-9(13)8-11(14)12(2)10-6-4-3-5-7-10;1-2/h3-4,7-9,11H,5-6,10H2,1-2H3;3-7H,8H2,1-2H3;1-2H2. The zero-order valence-corrected chi connectivity index (χ0v) is 24.3. The largest absolute Gasteiger partial charge is 0.333 e. The molecule has 0 atom stereocenters. The van der Waals surface area contributed by atoms with Gasteiger partial charge >= 0.3 is 0 Å². The van der Waals surface area contributed by atoms with E-state index in [-0.39, 0.29) is 23.9 Å². The molecule has 8 heteroatoms. The number of carbonyl (C=O) groups excluding carboxylic acids is 2. The van der Waals surface area contributed by atoms with Crippen molar-refractivity contribution in [2.75, 3.05) is 18.5 Å². The van der Waals surface area contributed by atoms with E-state index in [1.165, 1.54) is 21.9 Å². The molecule has 4 aromatic rings. The number of fused-ring (bicyclic) bond motifs is 1. The fourth-order valence-electron chi connectivity index (χ4n) is 4.21. The van der Waals surface area contributed by atoms with Gasteiger partial charge < -0.3 is 9.47 Å². The summed E-state index contributed by atoms with van der Waals surface area (Å²) in [5, 5.41) is 1.02. The van der Waals surface area contributed by atoms with Crippen molar-refractivity contribution in [2.24, 2.45) is 12.0 Å². The van der Waals surface area contributed by atoms with Crippen molar-refractivity contribution >= 4 is 34.3 Å². The van der Waals surface area contributed by atoms with Crippen LogP contribution < -0.4 is 14.8 Å². The number of amides is 1. The molecule has 0 saturated heterocycles. The number of imidazole rings is 1. The number of aromatic nitrogens is 2. The SMILES string of the molecule is C=C.CC(=O)CC(=O)N(C)c1ccccc1.Cc1ccc(CC2=c3sc(-c4nccn4C)cc3=NCC2)c(F)c1. The highest BCUT2D eigenvalue weighted by atomic mass is 32.1. The normalized spacial score (nSPS) is 11.7. The zero-order valence-electron chi connectivity index (χ0n) is 23.5. The number of ketones is 1. The van der Waals surface area contributed by atoms with E-state index in [0.29, 0.717) is 6.42 Å². The third kappa shape index (κ3) is 7.70. The Morgan fingerprint density at radius 1 is 1.12 bits per heavy atom. The van der Waals surface area contributed by atoms with Gasteiger partial charge in [0.25, 0.3) is 0 Å². The number of hydrogen-bond donors (Lipinski definition) is 0. The van der Waals surface area contributed by atoms with Crippen LogP contribution in [-0.4, -0.2) is 34.8 Å². The summed E-state index contributed by atoms with van der Waals surface area (Å²) >= 11 is 1.71. The predicted molar refractivity (Wildman–Crippen MR) is 161 cm³/mol. The maximum atomic E-state index is 14.2. The number of para-hydroxylation sites is 1. The fraction of sp³-hybridized carbons (Fsp3) is 0.250. The van der Waals surface area contributed by atoms with Gasteiger partial charge in [0.1, 0.15) is 17.4 Å². The number of hydrogen-bond acceptors (Lipinski definition) is 5. The Hall–Kier alpha value is -4.17. The van der Waals surface area contributed by atoms with E-state index in [0.717, 1.165) is 45.8 Å². The van der Waals surface area contributed by atoms with Crippen LogP contribution in [0.15, 0.2) is 85.1 Å². The molecule has 3 heterocycles. The summed E-state index contributed by atoms with van der Waals surface area (Å²) in [6.45, 7) is 10.1. The number of Topliss-reactive ketones (excluding diaryl/α,β-unsaturated/α-hetero) is 1. The summed E-state index contributed by atoms with van der Waals surface area (Å²) in [6.07, 6.45) is 5.25. The summed E-state index contributed by atoms with van der Waals surface area (Å²) in [5.41, 5.74) is 3.79. The Morgan fingerprint density at radius 3 is 2.48 bits per heavy atom. The van der Waals surface area contributed by atoms with Crippen LogP contribution >= 0.6 is 11.3 Å². The van der Waals surface area contributed by atoms with E-state index >= 15 is 0 Å². The Kier molecular flexibility index (Phi) is 10.8. The van der Waals surface area contributed by atoms with Crippen molar-refractivity contribution in [3.8, 4) is 10.7 Å². The van der Waals surface area contributed by atoms with Gasteiger partial charge in [0.2, 0.25) is 5.91 Å². The summed E-state index contributed by atoms with van der Waals surface area (Å²) in [5.74, 6) is 0.541. The molecule has 2 aromatic heterocycles. The monoisotopic (exact) mass is 558 g/mol. The number of rotatable bonds is 6.